The van der Waals surface area contributed by atoms with Gasteiger partial charge in [0, 0.05) is 26.9 Å². The van der Waals surface area contributed by atoms with Gasteiger partial charge in [0.25, 0.3) is 60.7 Å². The standard InChI is InChI=1S/C12H12O7S2.C12H12O4S.3C11H10O4S/c1-6-3-8-4-9(20(14,15)16)5-10(21(17,18)19)11(8)12(13)7(6)2;1-7-6-9-4-3-5-10(17(14,15)16)11(9)12(13)8(7)2;1-7-10-6-9(16(13,14)15)4-2-8(10)3-5-11(7)12;1-7-9(12)6-5-8-3-2-4-10(11(7)8)16(13,14)15;1-7-5-6-8-9(11(7)12)3-2-4-10(8)16(13,14)15/h3-5,13H,1-2H3,(H,14,15,16)(H,17,18,19);3-6,13H,1-2H3,(H,14,15,16);3*2-6,12H,1H3,(H,13,14,15). The van der Waals surface area contributed by atoms with Gasteiger partial charge in [0.15, 0.2) is 0 Å². The molecule has 0 aliphatic rings. The van der Waals surface area contributed by atoms with Crippen molar-refractivity contribution >= 4 is 115 Å². The van der Waals surface area contributed by atoms with E-state index in [4.69, 9.17) is 22.8 Å². The van der Waals surface area contributed by atoms with E-state index in [-0.39, 0.29) is 64.5 Å². The number of phenols is 5. The summed E-state index contributed by atoms with van der Waals surface area (Å²) < 4.78 is 189. The molecule has 23 nitrogen and oxygen atoms in total. The lowest BCUT2D eigenvalue weighted by molar-refractivity contribution is 0.470. The quantitative estimate of drug-likeness (QED) is 0.0689. The van der Waals surface area contributed by atoms with Crippen molar-refractivity contribution in [1.29, 1.82) is 0 Å². The minimum absolute atomic E-state index is 0.00333. The van der Waals surface area contributed by atoms with E-state index >= 15 is 0 Å². The zero-order valence-electron chi connectivity index (χ0n) is 46.0. The van der Waals surface area contributed by atoms with Crippen LogP contribution in [0.1, 0.15) is 38.9 Å². The summed E-state index contributed by atoms with van der Waals surface area (Å²) in [5.74, 6) is -0.348. The predicted octanol–water partition coefficient (Wildman–Crippen LogP) is 10.4. The van der Waals surface area contributed by atoms with Crippen molar-refractivity contribution in [1.82, 2.24) is 0 Å². The molecule has 11 N–H and O–H groups in total. The number of aromatic hydroxyl groups is 5. The van der Waals surface area contributed by atoms with E-state index in [0.717, 1.165) is 17.0 Å². The van der Waals surface area contributed by atoms with Crippen LogP contribution in [0.25, 0.3) is 53.9 Å². The molecule has 10 rings (SSSR count). The monoisotopic (exact) mass is 1300 g/mol. The summed E-state index contributed by atoms with van der Waals surface area (Å²) in [7, 11) is -26.6. The molecule has 0 aliphatic heterocycles. The number of aryl methyl sites for hydroxylation is 5. The van der Waals surface area contributed by atoms with E-state index in [1.54, 1.807) is 108 Å². The third-order valence-electron chi connectivity index (χ3n) is 13.6. The van der Waals surface area contributed by atoms with Crippen molar-refractivity contribution in [2.24, 2.45) is 0 Å². The number of benzene rings is 10. The maximum Gasteiger partial charge on any atom is 0.295 e. The number of phenolic OH excluding ortho intramolecular Hbond substituents is 5. The van der Waals surface area contributed by atoms with Crippen LogP contribution in [-0.4, -0.2) is 103 Å². The molecular formula is C57H54O23S6. The van der Waals surface area contributed by atoms with Crippen molar-refractivity contribution in [2.75, 3.05) is 0 Å². The smallest absolute Gasteiger partial charge is 0.295 e. The van der Waals surface area contributed by atoms with Gasteiger partial charge in [0.05, 0.1) is 9.79 Å². The van der Waals surface area contributed by atoms with E-state index in [9.17, 15) is 80.6 Å². The summed E-state index contributed by atoms with van der Waals surface area (Å²) in [5.41, 5.74) is 4.13. The molecule has 0 saturated heterocycles. The lowest BCUT2D eigenvalue weighted by Gasteiger charge is -2.12. The normalized spacial score (nSPS) is 12.1. The first-order valence-corrected chi connectivity index (χ1v) is 33.1. The maximum absolute atomic E-state index is 11.4. The molecule has 0 spiro atoms. The van der Waals surface area contributed by atoms with Crippen LogP contribution in [0.15, 0.2) is 163 Å². The summed E-state index contributed by atoms with van der Waals surface area (Å²) in [5, 5.41) is 52.7. The molecule has 0 bridgehead atoms. The molecule has 456 valence electrons. The molecule has 0 amide bonds. The van der Waals surface area contributed by atoms with E-state index in [1.165, 1.54) is 54.6 Å². The minimum Gasteiger partial charge on any atom is -0.508 e. The van der Waals surface area contributed by atoms with Crippen LogP contribution in [0, 0.1) is 48.5 Å². The summed E-state index contributed by atoms with van der Waals surface area (Å²) in [6, 6.07) is 32.0. The lowest BCUT2D eigenvalue weighted by Crippen LogP contribution is -2.05. The Bertz CT molecular complexity index is 5110. The van der Waals surface area contributed by atoms with E-state index in [1.807, 2.05) is 6.92 Å². The number of hydrogen-bond donors (Lipinski definition) is 11. The highest BCUT2D eigenvalue weighted by molar-refractivity contribution is 7.87. The van der Waals surface area contributed by atoms with Crippen molar-refractivity contribution < 1.29 is 103 Å². The molecule has 0 heterocycles. The molecule has 0 aliphatic carbocycles. The highest BCUT2D eigenvalue weighted by Crippen LogP contribution is 2.39. The second-order valence-electron chi connectivity index (χ2n) is 19.3. The van der Waals surface area contributed by atoms with Crippen LogP contribution in [0.2, 0.25) is 0 Å². The van der Waals surface area contributed by atoms with Crippen molar-refractivity contribution in [3.05, 3.63) is 172 Å². The third kappa shape index (κ3) is 14.8. The average Bonchev–Trinajstić information content (AvgIpc) is 0.975. The molecule has 10 aromatic rings. The van der Waals surface area contributed by atoms with Gasteiger partial charge in [-0.2, -0.15) is 50.5 Å². The first kappa shape index (κ1) is 67.1. The third-order valence-corrected chi connectivity index (χ3v) is 18.9. The van der Waals surface area contributed by atoms with E-state index < -0.39 is 70.5 Å². The Kier molecular flexibility index (Phi) is 19.3. The Hall–Kier alpha value is -8.04. The van der Waals surface area contributed by atoms with Gasteiger partial charge in [-0.15, -0.1) is 0 Å². The number of fused-ring (bicyclic) bond motifs is 5. The van der Waals surface area contributed by atoms with Gasteiger partial charge < -0.3 is 25.5 Å². The molecule has 0 unspecified atom stereocenters. The van der Waals surface area contributed by atoms with Crippen molar-refractivity contribution in [3.8, 4) is 28.7 Å². The molecule has 86 heavy (non-hydrogen) atoms. The fourth-order valence-electron chi connectivity index (χ4n) is 8.87. The molecule has 0 saturated carbocycles. The van der Waals surface area contributed by atoms with Gasteiger partial charge in [0.2, 0.25) is 0 Å². The Balaban J connectivity index is 0.000000173. The Morgan fingerprint density at radius 2 is 0.698 bits per heavy atom. The van der Waals surface area contributed by atoms with Crippen LogP contribution in [-0.2, 0) is 60.7 Å². The largest absolute Gasteiger partial charge is 0.508 e. The highest BCUT2D eigenvalue weighted by Gasteiger charge is 2.25. The molecule has 0 fully saturated rings. The molecular weight excluding hydrogens is 1250 g/mol. The van der Waals surface area contributed by atoms with Gasteiger partial charge >= 0.3 is 0 Å². The van der Waals surface area contributed by atoms with Gasteiger partial charge in [-0.05, 0) is 169 Å². The molecule has 10 aromatic carbocycles. The summed E-state index contributed by atoms with van der Waals surface area (Å²) in [4.78, 5) is -2.29. The van der Waals surface area contributed by atoms with Crippen LogP contribution in [0.3, 0.4) is 0 Å². The first-order valence-electron chi connectivity index (χ1n) is 24.4. The summed E-state index contributed by atoms with van der Waals surface area (Å²) in [6.07, 6.45) is 0. The zero-order valence-corrected chi connectivity index (χ0v) is 50.9. The minimum atomic E-state index is -4.80. The maximum atomic E-state index is 11.4. The fraction of sp³-hybridized carbons (Fsp3) is 0.123. The van der Waals surface area contributed by atoms with Crippen molar-refractivity contribution in [2.45, 2.75) is 77.8 Å². The van der Waals surface area contributed by atoms with Gasteiger partial charge in [-0.3, -0.25) is 27.3 Å². The predicted molar refractivity (Wildman–Crippen MR) is 320 cm³/mol. The lowest BCUT2D eigenvalue weighted by atomic mass is 10.0. The number of hydrogen-bond acceptors (Lipinski definition) is 17. The van der Waals surface area contributed by atoms with E-state index in [2.05, 4.69) is 0 Å². The SMILES string of the molecule is Cc1c(O)ccc2ccc(S(=O)(=O)O)cc12.Cc1c(O)ccc2cccc(S(=O)(=O)O)c12.Cc1cc2cc(S(=O)(=O)O)cc(S(=O)(=O)O)c2c(O)c1C.Cc1cc2cccc(S(=O)(=O)O)c2c(O)c1C.Cc1ccc2c(S(=O)(=O)O)cccc2c1O. The second-order valence-corrected chi connectivity index (χ2v) is 27.7. The molecule has 0 radical (unpaired) electrons. The molecule has 0 aromatic heterocycles. The Morgan fingerprint density at radius 3 is 1.21 bits per heavy atom. The topological polar surface area (TPSA) is 427 Å². The fourth-order valence-corrected chi connectivity index (χ4v) is 12.9. The average molecular weight is 1300 g/mol. The van der Waals surface area contributed by atoms with Crippen LogP contribution in [0.5, 0.6) is 28.7 Å². The zero-order chi connectivity index (χ0) is 64.7. The van der Waals surface area contributed by atoms with Gasteiger partial charge in [0.1, 0.15) is 48.3 Å². The summed E-state index contributed by atoms with van der Waals surface area (Å²) in [6.45, 7) is 11.7. The molecule has 29 heteroatoms. The second kappa shape index (κ2) is 24.7. The number of rotatable bonds is 6. The summed E-state index contributed by atoms with van der Waals surface area (Å²) >= 11 is 0. The molecule has 0 atom stereocenters. The van der Waals surface area contributed by atoms with Gasteiger partial charge in [-0.1, -0.05) is 78.9 Å². The Morgan fingerprint density at radius 1 is 0.267 bits per heavy atom. The van der Waals surface area contributed by atoms with Crippen molar-refractivity contribution in [3.63, 3.8) is 0 Å². The Labute approximate surface area is 493 Å². The van der Waals surface area contributed by atoms with Crippen LogP contribution >= 0.6 is 0 Å². The first-order chi connectivity index (χ1) is 39.5. The van der Waals surface area contributed by atoms with Gasteiger partial charge in [-0.25, -0.2) is 0 Å². The van der Waals surface area contributed by atoms with Crippen LogP contribution < -0.4 is 0 Å². The highest BCUT2D eigenvalue weighted by atomic mass is 32.2. The van der Waals surface area contributed by atoms with E-state index in [0.29, 0.717) is 71.8 Å². The van der Waals surface area contributed by atoms with Crippen LogP contribution in [0.4, 0.5) is 0 Å².